The van der Waals surface area contributed by atoms with E-state index in [4.69, 9.17) is 0 Å². The number of carbonyl (C=O) groups is 1. The van der Waals surface area contributed by atoms with E-state index in [0.29, 0.717) is 29.6 Å². The number of likely N-dealkylation sites (N-methyl/N-ethyl adjacent to an activating group) is 1. The lowest BCUT2D eigenvalue weighted by Gasteiger charge is -2.43. The molecule has 0 N–H and O–H groups in total. The van der Waals surface area contributed by atoms with Gasteiger partial charge in [-0.15, -0.1) is 0 Å². The molecule has 2 heteroatoms. The zero-order valence-electron chi connectivity index (χ0n) is 10.9. The third-order valence-corrected chi connectivity index (χ3v) is 4.66. The Kier molecular flexibility index (Phi) is 2.95. The largest absolute Gasteiger partial charge is 0.299 e. The Morgan fingerprint density at radius 3 is 2.88 bits per heavy atom. The molecule has 2 aliphatic heterocycles. The molecule has 2 heterocycles. The van der Waals surface area contributed by atoms with Crippen molar-refractivity contribution >= 4 is 5.78 Å². The zero-order valence-corrected chi connectivity index (χ0v) is 10.9. The van der Waals surface area contributed by atoms with E-state index in [0.717, 1.165) is 18.5 Å². The lowest BCUT2D eigenvalue weighted by molar-refractivity contribution is -0.116. The molecule has 0 aromatic rings. The van der Waals surface area contributed by atoms with Crippen molar-refractivity contribution < 1.29 is 4.79 Å². The van der Waals surface area contributed by atoms with Crippen molar-refractivity contribution in [1.29, 1.82) is 0 Å². The molecule has 1 saturated heterocycles. The first kappa shape index (κ1) is 11.8. The minimum Gasteiger partial charge on any atom is -0.299 e. The smallest absolute Gasteiger partial charge is 0.159 e. The molecule has 3 aliphatic rings. The number of allylic oxidation sites excluding steroid dienone is 1. The average molecular weight is 221 g/mol. The highest BCUT2D eigenvalue weighted by Crippen LogP contribution is 2.44. The third kappa shape index (κ3) is 1.73. The van der Waals surface area contributed by atoms with Crippen LogP contribution in [-0.4, -0.2) is 30.3 Å². The van der Waals surface area contributed by atoms with Crippen LogP contribution in [0.1, 0.15) is 40.0 Å². The molecular formula is C14H23NO. The first-order valence-corrected chi connectivity index (χ1v) is 6.43. The first-order valence-electron chi connectivity index (χ1n) is 6.43. The molecule has 0 spiro atoms. The van der Waals surface area contributed by atoms with Crippen molar-refractivity contribution in [3.8, 4) is 0 Å². The Balaban J connectivity index is 2.39. The second-order valence-corrected chi connectivity index (χ2v) is 5.81. The van der Waals surface area contributed by atoms with Crippen molar-refractivity contribution in [2.24, 2.45) is 11.3 Å². The van der Waals surface area contributed by atoms with E-state index < -0.39 is 0 Å². The summed E-state index contributed by atoms with van der Waals surface area (Å²) in [6.07, 6.45) is 5.29. The van der Waals surface area contributed by atoms with Crippen molar-refractivity contribution in [3.05, 3.63) is 11.6 Å². The fraction of sp³-hybridized carbons (Fsp3) is 0.786. The van der Waals surface area contributed by atoms with Gasteiger partial charge in [0.2, 0.25) is 0 Å². The lowest BCUT2D eigenvalue weighted by Crippen LogP contribution is -2.46. The molecule has 1 fully saturated rings. The highest BCUT2D eigenvalue weighted by molar-refractivity contribution is 5.96. The molecule has 0 aromatic carbocycles. The van der Waals surface area contributed by atoms with Gasteiger partial charge in [-0.2, -0.15) is 0 Å². The Bertz CT molecular complexity index is 334. The van der Waals surface area contributed by atoms with Gasteiger partial charge >= 0.3 is 0 Å². The minimum absolute atomic E-state index is 0.342. The van der Waals surface area contributed by atoms with Gasteiger partial charge in [0.25, 0.3) is 0 Å². The fourth-order valence-electron chi connectivity index (χ4n) is 3.27. The molecule has 0 amide bonds. The molecule has 2 bridgehead atoms. The number of ketones is 1. The predicted molar refractivity (Wildman–Crippen MR) is 66.3 cm³/mol. The summed E-state index contributed by atoms with van der Waals surface area (Å²) in [4.78, 5) is 14.4. The number of fused-ring (bicyclic) bond motifs is 3. The van der Waals surface area contributed by atoms with Crippen LogP contribution < -0.4 is 0 Å². The van der Waals surface area contributed by atoms with Gasteiger partial charge < -0.3 is 0 Å². The van der Waals surface area contributed by atoms with E-state index in [1.807, 2.05) is 6.92 Å². The van der Waals surface area contributed by atoms with Crippen LogP contribution in [0.3, 0.4) is 0 Å². The van der Waals surface area contributed by atoms with Crippen molar-refractivity contribution in [1.82, 2.24) is 4.90 Å². The van der Waals surface area contributed by atoms with E-state index >= 15 is 0 Å². The molecule has 1 aliphatic carbocycles. The summed E-state index contributed by atoms with van der Waals surface area (Å²) in [6.45, 7) is 7.72. The maximum Gasteiger partial charge on any atom is 0.159 e. The van der Waals surface area contributed by atoms with Crippen LogP contribution >= 0.6 is 0 Å². The topological polar surface area (TPSA) is 20.3 Å². The summed E-state index contributed by atoms with van der Waals surface area (Å²) >= 11 is 0. The van der Waals surface area contributed by atoms with Gasteiger partial charge in [-0.05, 0) is 31.2 Å². The predicted octanol–water partition coefficient (Wildman–Crippen LogP) is 2.64. The van der Waals surface area contributed by atoms with E-state index in [-0.39, 0.29) is 0 Å². The SMILES string of the molecule is CCC(=O)C1=CC(C)C2(C)CCC1N(C)C2. The number of hydrogen-bond donors (Lipinski definition) is 0. The summed E-state index contributed by atoms with van der Waals surface area (Å²) in [5.41, 5.74) is 1.44. The zero-order chi connectivity index (χ0) is 11.9. The Morgan fingerprint density at radius 1 is 1.62 bits per heavy atom. The standard InChI is InChI=1S/C14H23NO/c1-5-13(16)11-8-10(2)14(3)7-6-12(11)15(4)9-14/h8,10,12H,5-7,9H2,1-4H3. The number of Topliss-reactive ketones (excluding diaryl/α,β-unsaturated/α-hetero) is 1. The van der Waals surface area contributed by atoms with Crippen LogP contribution in [0.25, 0.3) is 0 Å². The number of piperidine rings is 1. The van der Waals surface area contributed by atoms with E-state index in [1.54, 1.807) is 0 Å². The number of hydrogen-bond acceptors (Lipinski definition) is 2. The fourth-order valence-corrected chi connectivity index (χ4v) is 3.27. The van der Waals surface area contributed by atoms with Crippen molar-refractivity contribution in [2.45, 2.75) is 46.1 Å². The molecule has 16 heavy (non-hydrogen) atoms. The molecule has 3 rings (SSSR count). The summed E-state index contributed by atoms with van der Waals surface area (Å²) in [5, 5.41) is 0. The van der Waals surface area contributed by atoms with Crippen molar-refractivity contribution in [3.63, 3.8) is 0 Å². The van der Waals surface area contributed by atoms with Crippen LogP contribution in [0.15, 0.2) is 11.6 Å². The van der Waals surface area contributed by atoms with Gasteiger partial charge in [0.15, 0.2) is 5.78 Å². The lowest BCUT2D eigenvalue weighted by atomic mass is 9.73. The van der Waals surface area contributed by atoms with Gasteiger partial charge in [-0.1, -0.05) is 26.8 Å². The van der Waals surface area contributed by atoms with E-state index in [9.17, 15) is 4.79 Å². The van der Waals surface area contributed by atoms with Gasteiger partial charge in [0, 0.05) is 24.6 Å². The van der Waals surface area contributed by atoms with Crippen molar-refractivity contribution in [2.75, 3.05) is 13.6 Å². The number of nitrogens with zero attached hydrogens (tertiary/aromatic N) is 1. The summed E-state index contributed by atoms with van der Waals surface area (Å²) in [6, 6.07) is 0.380. The summed E-state index contributed by atoms with van der Waals surface area (Å²) in [5.74, 6) is 0.864. The van der Waals surface area contributed by atoms with Crippen LogP contribution in [0.2, 0.25) is 0 Å². The van der Waals surface area contributed by atoms with Gasteiger partial charge in [-0.25, -0.2) is 0 Å². The van der Waals surface area contributed by atoms with Crippen LogP contribution in [-0.2, 0) is 4.79 Å². The first-order chi connectivity index (χ1) is 7.48. The molecule has 3 atom stereocenters. The van der Waals surface area contributed by atoms with Gasteiger partial charge in [-0.3, -0.25) is 9.69 Å². The molecular weight excluding hydrogens is 198 g/mol. The maximum absolute atomic E-state index is 12.0. The number of carbonyl (C=O) groups excluding carboxylic acids is 1. The van der Waals surface area contributed by atoms with Crippen LogP contribution in [0, 0.1) is 11.3 Å². The second kappa shape index (κ2) is 3.99. The normalized spacial score (nSPS) is 39.4. The highest BCUT2D eigenvalue weighted by atomic mass is 16.1. The maximum atomic E-state index is 12.0. The second-order valence-electron chi connectivity index (χ2n) is 5.81. The van der Waals surface area contributed by atoms with Crippen LogP contribution in [0.4, 0.5) is 0 Å². The van der Waals surface area contributed by atoms with Gasteiger partial charge in [0.05, 0.1) is 0 Å². The summed E-state index contributed by atoms with van der Waals surface area (Å²) in [7, 11) is 2.16. The molecule has 0 aromatic heterocycles. The Hall–Kier alpha value is -0.630. The Labute approximate surface area is 98.7 Å². The molecule has 3 unspecified atom stereocenters. The van der Waals surface area contributed by atoms with Gasteiger partial charge in [0.1, 0.15) is 0 Å². The molecule has 90 valence electrons. The molecule has 0 saturated carbocycles. The van der Waals surface area contributed by atoms with E-state index in [1.165, 1.54) is 6.42 Å². The third-order valence-electron chi connectivity index (χ3n) is 4.66. The molecule has 2 nitrogen and oxygen atoms in total. The number of rotatable bonds is 2. The monoisotopic (exact) mass is 221 g/mol. The quantitative estimate of drug-likeness (QED) is 0.714. The highest BCUT2D eigenvalue weighted by Gasteiger charge is 2.43. The summed E-state index contributed by atoms with van der Waals surface area (Å²) < 4.78 is 0. The van der Waals surface area contributed by atoms with E-state index in [2.05, 4.69) is 31.9 Å². The minimum atomic E-state index is 0.342. The average Bonchev–Trinajstić information content (AvgIpc) is 2.42. The van der Waals surface area contributed by atoms with Crippen LogP contribution in [0.5, 0.6) is 0 Å². The Morgan fingerprint density at radius 2 is 2.31 bits per heavy atom. The molecule has 0 radical (unpaired) electrons.